The number of para-hydroxylation sites is 1. The van der Waals surface area contributed by atoms with E-state index in [0.717, 1.165) is 12.1 Å². The number of aromatic nitrogens is 3. The summed E-state index contributed by atoms with van der Waals surface area (Å²) in [6.07, 6.45) is 3.24. The summed E-state index contributed by atoms with van der Waals surface area (Å²) < 4.78 is 37.0. The van der Waals surface area contributed by atoms with Crippen LogP contribution in [0.4, 0.5) is 8.78 Å². The summed E-state index contributed by atoms with van der Waals surface area (Å²) in [4.78, 5) is 20.6. The van der Waals surface area contributed by atoms with Crippen molar-refractivity contribution in [2.45, 2.75) is 13.2 Å². The van der Waals surface area contributed by atoms with Gasteiger partial charge in [-0.25, -0.2) is 13.8 Å². The number of carbonyl (C=O) groups is 1. The Balaban J connectivity index is 1.63. The van der Waals surface area contributed by atoms with Crippen molar-refractivity contribution in [3.05, 3.63) is 65.6 Å². The maximum Gasteiger partial charge on any atom is 0.276 e. The van der Waals surface area contributed by atoms with Crippen molar-refractivity contribution >= 4 is 5.91 Å². The lowest BCUT2D eigenvalue weighted by atomic mass is 10.3. The van der Waals surface area contributed by atoms with Gasteiger partial charge in [-0.15, -0.1) is 0 Å². The molecule has 0 fully saturated rings. The van der Waals surface area contributed by atoms with Gasteiger partial charge in [0.25, 0.3) is 5.91 Å². The highest BCUT2D eigenvalue weighted by Crippen LogP contribution is 2.22. The predicted molar refractivity (Wildman–Crippen MR) is 81.6 cm³/mol. The monoisotopic (exact) mass is 348 g/mol. The normalized spacial score (nSPS) is 10.7. The van der Waals surface area contributed by atoms with Crippen molar-refractivity contribution < 1.29 is 22.8 Å². The molecule has 2 heterocycles. The van der Waals surface area contributed by atoms with Crippen LogP contribution in [0.1, 0.15) is 22.1 Å². The first-order valence-corrected chi connectivity index (χ1v) is 7.30. The number of halogens is 2. The van der Waals surface area contributed by atoms with E-state index in [2.05, 4.69) is 15.1 Å². The predicted octanol–water partition coefficient (Wildman–Crippen LogP) is 2.53. The van der Waals surface area contributed by atoms with Gasteiger partial charge >= 0.3 is 0 Å². The van der Waals surface area contributed by atoms with Gasteiger partial charge in [0.05, 0.1) is 6.54 Å². The maximum absolute atomic E-state index is 13.5. The number of hydrogen-bond donors (Lipinski definition) is 1. The van der Waals surface area contributed by atoms with E-state index in [1.54, 1.807) is 19.4 Å². The molecule has 0 aliphatic rings. The number of ether oxygens (including phenoxy) is 1. The summed E-state index contributed by atoms with van der Waals surface area (Å²) in [6.45, 7) is 0.00496. The highest BCUT2D eigenvalue weighted by Gasteiger charge is 2.19. The van der Waals surface area contributed by atoms with Gasteiger partial charge < -0.3 is 19.1 Å². The molecule has 0 bridgehead atoms. The number of imidazole rings is 1. The van der Waals surface area contributed by atoms with Gasteiger partial charge in [0.15, 0.2) is 28.8 Å². The Hall–Kier alpha value is -3.23. The topological polar surface area (TPSA) is 84.2 Å². The lowest BCUT2D eigenvalue weighted by molar-refractivity contribution is 0.0771. The molecule has 0 saturated carbocycles. The third-order valence-electron chi connectivity index (χ3n) is 3.34. The Morgan fingerprint density at radius 2 is 2.12 bits per heavy atom. The molecule has 9 heteroatoms. The summed E-state index contributed by atoms with van der Waals surface area (Å²) in [5.41, 5.74) is 0.0571. The van der Waals surface area contributed by atoms with Crippen LogP contribution in [-0.2, 0) is 13.2 Å². The number of benzene rings is 1. The zero-order valence-corrected chi connectivity index (χ0v) is 13.2. The lowest BCUT2D eigenvalue weighted by Gasteiger charge is -2.13. The number of nitrogens with zero attached hydrogens (tertiary/aromatic N) is 3. The smallest absolute Gasteiger partial charge is 0.276 e. The minimum absolute atomic E-state index is 0.0571. The molecule has 0 unspecified atom stereocenters. The van der Waals surface area contributed by atoms with E-state index in [1.807, 2.05) is 0 Å². The van der Waals surface area contributed by atoms with E-state index in [9.17, 15) is 13.6 Å². The number of rotatable bonds is 6. The molecule has 0 radical (unpaired) electrons. The van der Waals surface area contributed by atoms with Gasteiger partial charge in [-0.2, -0.15) is 0 Å². The Labute approximate surface area is 141 Å². The van der Waals surface area contributed by atoms with Crippen LogP contribution in [0.15, 0.2) is 41.2 Å². The number of amides is 1. The molecule has 7 nitrogen and oxygen atoms in total. The van der Waals surface area contributed by atoms with Crippen LogP contribution in [0, 0.1) is 11.6 Å². The van der Waals surface area contributed by atoms with Crippen LogP contribution in [0.25, 0.3) is 0 Å². The number of H-pyrrole nitrogens is 1. The Morgan fingerprint density at radius 3 is 2.80 bits per heavy atom. The molecule has 1 aromatic carbocycles. The first-order chi connectivity index (χ1) is 12.0. The van der Waals surface area contributed by atoms with Crippen LogP contribution < -0.4 is 4.74 Å². The SMILES string of the molecule is CN(Cc1ncc[nH]1)C(=O)c1cc(COc2c(F)cccc2F)on1. The summed E-state index contributed by atoms with van der Waals surface area (Å²) in [7, 11) is 1.59. The van der Waals surface area contributed by atoms with E-state index in [-0.39, 0.29) is 30.5 Å². The molecule has 3 aromatic rings. The van der Waals surface area contributed by atoms with Crippen molar-refractivity contribution in [3.8, 4) is 5.75 Å². The van der Waals surface area contributed by atoms with Crippen LogP contribution in [0.3, 0.4) is 0 Å². The quantitative estimate of drug-likeness (QED) is 0.740. The van der Waals surface area contributed by atoms with Gasteiger partial charge in [-0.1, -0.05) is 11.2 Å². The van der Waals surface area contributed by atoms with Crippen LogP contribution in [0.5, 0.6) is 5.75 Å². The Bertz CT molecular complexity index is 844. The first kappa shape index (κ1) is 16.6. The number of aromatic amines is 1. The maximum atomic E-state index is 13.5. The van der Waals surface area contributed by atoms with Crippen LogP contribution >= 0.6 is 0 Å². The van der Waals surface area contributed by atoms with Crippen molar-refractivity contribution in [2.75, 3.05) is 7.05 Å². The summed E-state index contributed by atoms with van der Waals surface area (Å²) >= 11 is 0. The Kier molecular flexibility index (Phi) is 4.73. The van der Waals surface area contributed by atoms with E-state index in [0.29, 0.717) is 5.82 Å². The van der Waals surface area contributed by atoms with Gasteiger partial charge in [0, 0.05) is 25.5 Å². The highest BCUT2D eigenvalue weighted by molar-refractivity contribution is 5.91. The Morgan fingerprint density at radius 1 is 1.36 bits per heavy atom. The van der Waals surface area contributed by atoms with Crippen molar-refractivity contribution in [2.24, 2.45) is 0 Å². The molecule has 0 spiro atoms. The van der Waals surface area contributed by atoms with Crippen molar-refractivity contribution in [3.63, 3.8) is 0 Å². The summed E-state index contributed by atoms with van der Waals surface area (Å²) in [6, 6.07) is 4.76. The fourth-order valence-electron chi connectivity index (χ4n) is 2.12. The fourth-order valence-corrected chi connectivity index (χ4v) is 2.12. The lowest BCUT2D eigenvalue weighted by Crippen LogP contribution is -2.26. The minimum Gasteiger partial charge on any atom is -0.479 e. The van der Waals surface area contributed by atoms with E-state index in [4.69, 9.17) is 9.26 Å². The van der Waals surface area contributed by atoms with Crippen molar-refractivity contribution in [1.82, 2.24) is 20.0 Å². The third-order valence-corrected chi connectivity index (χ3v) is 3.34. The first-order valence-electron chi connectivity index (χ1n) is 7.30. The molecule has 0 aliphatic carbocycles. The van der Waals surface area contributed by atoms with Crippen LogP contribution in [-0.4, -0.2) is 33.0 Å². The molecule has 1 amide bonds. The molecule has 0 saturated heterocycles. The van der Waals surface area contributed by atoms with E-state index >= 15 is 0 Å². The second-order valence-corrected chi connectivity index (χ2v) is 5.22. The van der Waals surface area contributed by atoms with Crippen LogP contribution in [0.2, 0.25) is 0 Å². The largest absolute Gasteiger partial charge is 0.479 e. The van der Waals surface area contributed by atoms with Crippen molar-refractivity contribution in [1.29, 1.82) is 0 Å². The van der Waals surface area contributed by atoms with E-state index in [1.165, 1.54) is 17.0 Å². The standard InChI is InChI=1S/C16H14F2N4O3/c1-22(8-14-19-5-6-20-14)16(23)13-7-10(25-21-13)9-24-15-11(17)3-2-4-12(15)18/h2-7H,8-9H2,1H3,(H,19,20). The summed E-state index contributed by atoms with van der Waals surface area (Å²) in [5.74, 6) is -1.76. The zero-order chi connectivity index (χ0) is 17.8. The van der Waals surface area contributed by atoms with Gasteiger partial charge in [-0.3, -0.25) is 4.79 Å². The molecule has 3 rings (SSSR count). The fraction of sp³-hybridized carbons (Fsp3) is 0.188. The molecular formula is C16H14F2N4O3. The highest BCUT2D eigenvalue weighted by atomic mass is 19.1. The zero-order valence-electron chi connectivity index (χ0n) is 13.2. The molecule has 130 valence electrons. The van der Waals surface area contributed by atoms with E-state index < -0.39 is 17.4 Å². The number of carbonyl (C=O) groups excluding carboxylic acids is 1. The molecule has 1 N–H and O–H groups in total. The molecule has 25 heavy (non-hydrogen) atoms. The van der Waals surface area contributed by atoms with Gasteiger partial charge in [-0.05, 0) is 12.1 Å². The molecule has 2 aromatic heterocycles. The average molecular weight is 348 g/mol. The molecule has 0 aliphatic heterocycles. The summed E-state index contributed by atoms with van der Waals surface area (Å²) in [5, 5.41) is 3.66. The van der Waals surface area contributed by atoms with Gasteiger partial charge in [0.1, 0.15) is 12.4 Å². The van der Waals surface area contributed by atoms with Gasteiger partial charge in [0.2, 0.25) is 0 Å². The molecular weight excluding hydrogens is 334 g/mol. The number of hydrogen-bond acceptors (Lipinski definition) is 5. The second-order valence-electron chi connectivity index (χ2n) is 5.22. The molecule has 0 atom stereocenters. The third kappa shape index (κ3) is 3.82. The number of nitrogens with one attached hydrogen (secondary N) is 1. The second kappa shape index (κ2) is 7.12. The minimum atomic E-state index is -0.825. The average Bonchev–Trinajstić information content (AvgIpc) is 3.25.